The fraction of sp³-hybridized carbons (Fsp3) is 0.588. The maximum absolute atomic E-state index is 12.3. The number of carbonyl (C=O) groups is 1. The van der Waals surface area contributed by atoms with Gasteiger partial charge < -0.3 is 15.1 Å². The fourth-order valence-corrected chi connectivity index (χ4v) is 3.07. The standard InChI is InChI=1S/C17H29BrN4O2Si/c1-17(8-10-20-22(2)3,15-13-14(18)7-9-19-15)21-16(23)24-11-12-25(4,5)6/h7,9-10,13H,8,11-12H2,1-6H3,(H,21,23)/b20-10-/t17-/m0/s1. The first-order chi connectivity index (χ1) is 11.5. The molecule has 0 aliphatic heterocycles. The van der Waals surface area contributed by atoms with Crippen LogP contribution in [0, 0.1) is 0 Å². The molecule has 1 aromatic rings. The zero-order valence-electron chi connectivity index (χ0n) is 16.0. The Morgan fingerprint density at radius 2 is 2.16 bits per heavy atom. The van der Waals surface area contributed by atoms with Gasteiger partial charge in [0.25, 0.3) is 0 Å². The van der Waals surface area contributed by atoms with Crippen LogP contribution in [0.5, 0.6) is 0 Å². The summed E-state index contributed by atoms with van der Waals surface area (Å²) in [6.07, 6.45) is 3.54. The van der Waals surface area contributed by atoms with E-state index in [9.17, 15) is 4.79 Å². The van der Waals surface area contributed by atoms with Gasteiger partial charge in [-0.1, -0.05) is 35.6 Å². The number of pyridine rings is 1. The number of hydrazone groups is 1. The van der Waals surface area contributed by atoms with E-state index in [0.717, 1.165) is 16.2 Å². The maximum Gasteiger partial charge on any atom is 0.407 e. The van der Waals surface area contributed by atoms with Crippen LogP contribution in [0.15, 0.2) is 27.9 Å². The lowest BCUT2D eigenvalue weighted by Gasteiger charge is -2.29. The number of alkyl carbamates (subject to hydrolysis) is 1. The van der Waals surface area contributed by atoms with Crippen LogP contribution in [0.4, 0.5) is 4.79 Å². The third-order valence-electron chi connectivity index (χ3n) is 3.56. The van der Waals surface area contributed by atoms with Gasteiger partial charge in [0.15, 0.2) is 0 Å². The van der Waals surface area contributed by atoms with Crippen molar-refractivity contribution in [2.75, 3.05) is 20.7 Å². The minimum absolute atomic E-state index is 0.430. The van der Waals surface area contributed by atoms with Gasteiger partial charge in [-0.05, 0) is 25.1 Å². The predicted molar refractivity (Wildman–Crippen MR) is 109 cm³/mol. The molecule has 140 valence electrons. The predicted octanol–water partition coefficient (Wildman–Crippen LogP) is 4.06. The van der Waals surface area contributed by atoms with E-state index in [-0.39, 0.29) is 0 Å². The lowest BCUT2D eigenvalue weighted by Crippen LogP contribution is -2.45. The van der Waals surface area contributed by atoms with E-state index in [0.29, 0.717) is 13.0 Å². The highest BCUT2D eigenvalue weighted by Crippen LogP contribution is 2.25. The topological polar surface area (TPSA) is 66.8 Å². The Bertz CT molecular complexity index is 605. The quantitative estimate of drug-likeness (QED) is 0.385. The number of nitrogens with zero attached hydrogens (tertiary/aromatic N) is 3. The van der Waals surface area contributed by atoms with Gasteiger partial charge in [-0.2, -0.15) is 5.10 Å². The lowest BCUT2D eigenvalue weighted by atomic mass is 9.93. The zero-order chi connectivity index (χ0) is 19.1. The number of amides is 1. The van der Waals surface area contributed by atoms with E-state index >= 15 is 0 Å². The molecule has 0 fully saturated rings. The molecule has 0 radical (unpaired) electrons. The Kier molecular flexibility index (Phi) is 8.07. The molecule has 1 aromatic heterocycles. The summed E-state index contributed by atoms with van der Waals surface area (Å²) in [7, 11) is 2.46. The van der Waals surface area contributed by atoms with Gasteiger partial charge in [0.05, 0.1) is 17.8 Å². The summed E-state index contributed by atoms with van der Waals surface area (Å²) < 4.78 is 6.29. The SMILES string of the molecule is CN(C)/N=C\C[C@](C)(NC(=O)OCC[Si](C)(C)C)c1cc(Br)ccn1. The highest BCUT2D eigenvalue weighted by molar-refractivity contribution is 9.10. The highest BCUT2D eigenvalue weighted by Gasteiger charge is 2.30. The minimum Gasteiger partial charge on any atom is -0.450 e. The molecule has 1 rings (SSSR count). The van der Waals surface area contributed by atoms with Crippen molar-refractivity contribution in [1.29, 1.82) is 0 Å². The molecule has 1 atom stereocenters. The third-order valence-corrected chi connectivity index (χ3v) is 5.76. The second-order valence-corrected chi connectivity index (χ2v) is 14.1. The first-order valence-corrected chi connectivity index (χ1v) is 12.8. The average molecular weight is 429 g/mol. The molecule has 8 heteroatoms. The van der Waals surface area contributed by atoms with Gasteiger partial charge in [0.1, 0.15) is 0 Å². The van der Waals surface area contributed by atoms with Gasteiger partial charge in [-0.15, -0.1) is 0 Å². The van der Waals surface area contributed by atoms with Crippen LogP contribution in [0.25, 0.3) is 0 Å². The summed E-state index contributed by atoms with van der Waals surface area (Å²) in [5.74, 6) is 0. The zero-order valence-corrected chi connectivity index (χ0v) is 18.6. The van der Waals surface area contributed by atoms with Crippen molar-refractivity contribution in [2.45, 2.75) is 44.6 Å². The van der Waals surface area contributed by atoms with E-state index < -0.39 is 19.7 Å². The summed E-state index contributed by atoms with van der Waals surface area (Å²) in [6, 6.07) is 4.68. The number of hydrogen-bond acceptors (Lipinski definition) is 5. The first kappa shape index (κ1) is 21.6. The lowest BCUT2D eigenvalue weighted by molar-refractivity contribution is 0.139. The van der Waals surface area contributed by atoms with Crippen LogP contribution >= 0.6 is 15.9 Å². The number of aromatic nitrogens is 1. The molecule has 1 N–H and O–H groups in total. The molecule has 25 heavy (non-hydrogen) atoms. The van der Waals surface area contributed by atoms with Crippen molar-refractivity contribution in [1.82, 2.24) is 15.3 Å². The highest BCUT2D eigenvalue weighted by atomic mass is 79.9. The van der Waals surface area contributed by atoms with Crippen LogP contribution in [0.3, 0.4) is 0 Å². The Hall–Kier alpha value is -1.41. The minimum atomic E-state index is -1.24. The largest absolute Gasteiger partial charge is 0.450 e. The Labute approximate surface area is 160 Å². The number of halogens is 1. The molecule has 1 amide bonds. The Morgan fingerprint density at radius 1 is 1.48 bits per heavy atom. The van der Waals surface area contributed by atoms with Gasteiger partial charge in [0, 0.05) is 45.5 Å². The molecule has 0 aromatic carbocycles. The van der Waals surface area contributed by atoms with Crippen molar-refractivity contribution in [3.63, 3.8) is 0 Å². The normalized spacial score (nSPS) is 14.2. The maximum atomic E-state index is 12.3. The molecule has 0 spiro atoms. The second-order valence-electron chi connectivity index (χ2n) is 7.61. The van der Waals surface area contributed by atoms with Gasteiger partial charge in [0.2, 0.25) is 0 Å². The van der Waals surface area contributed by atoms with E-state index in [1.807, 2.05) is 33.2 Å². The third kappa shape index (κ3) is 8.49. The summed E-state index contributed by atoms with van der Waals surface area (Å²) in [5, 5.41) is 8.91. The molecular weight excluding hydrogens is 400 g/mol. The van der Waals surface area contributed by atoms with Crippen molar-refractivity contribution >= 4 is 36.3 Å². The van der Waals surface area contributed by atoms with Crippen molar-refractivity contribution in [3.05, 3.63) is 28.5 Å². The van der Waals surface area contributed by atoms with Crippen LogP contribution < -0.4 is 5.32 Å². The van der Waals surface area contributed by atoms with Crippen LogP contribution in [0.1, 0.15) is 19.0 Å². The number of nitrogens with one attached hydrogen (secondary N) is 1. The number of rotatable bonds is 8. The van der Waals surface area contributed by atoms with Gasteiger partial charge in [-0.25, -0.2) is 4.79 Å². The van der Waals surface area contributed by atoms with Crippen molar-refractivity contribution in [2.24, 2.45) is 5.10 Å². The molecule has 0 unspecified atom stereocenters. The van der Waals surface area contributed by atoms with Crippen molar-refractivity contribution in [3.8, 4) is 0 Å². The van der Waals surface area contributed by atoms with Gasteiger partial charge >= 0.3 is 6.09 Å². The number of carbonyl (C=O) groups excluding carboxylic acids is 1. The fourth-order valence-electron chi connectivity index (χ4n) is 2.02. The summed E-state index contributed by atoms with van der Waals surface area (Å²) in [6.45, 7) is 9.11. The van der Waals surface area contributed by atoms with Crippen molar-refractivity contribution < 1.29 is 9.53 Å². The monoisotopic (exact) mass is 428 g/mol. The molecular formula is C17H29BrN4O2Si. The van der Waals surface area contributed by atoms with E-state index in [1.165, 1.54) is 0 Å². The van der Waals surface area contributed by atoms with Gasteiger partial charge in [-0.3, -0.25) is 4.98 Å². The average Bonchev–Trinajstić information content (AvgIpc) is 2.45. The van der Waals surface area contributed by atoms with E-state index in [4.69, 9.17) is 4.74 Å². The molecule has 0 saturated carbocycles. The first-order valence-electron chi connectivity index (χ1n) is 8.29. The van der Waals surface area contributed by atoms with E-state index in [1.54, 1.807) is 17.4 Å². The smallest absolute Gasteiger partial charge is 0.407 e. The number of hydrogen-bond donors (Lipinski definition) is 1. The van der Waals surface area contributed by atoms with Crippen LogP contribution in [-0.4, -0.2) is 51.1 Å². The summed E-state index contributed by atoms with van der Waals surface area (Å²) >= 11 is 3.45. The molecule has 0 saturated heterocycles. The van der Waals surface area contributed by atoms with Crippen LogP contribution in [0.2, 0.25) is 25.7 Å². The molecule has 0 aliphatic carbocycles. The summed E-state index contributed by atoms with van der Waals surface area (Å²) in [5.41, 5.74) is 0.0359. The van der Waals surface area contributed by atoms with Crippen LogP contribution in [-0.2, 0) is 10.3 Å². The molecule has 0 aliphatic rings. The molecule has 6 nitrogen and oxygen atoms in total. The summed E-state index contributed by atoms with van der Waals surface area (Å²) in [4.78, 5) is 16.7. The Balaban J connectivity index is 2.85. The molecule has 0 bridgehead atoms. The number of ether oxygens (including phenoxy) is 1. The second kappa shape index (κ2) is 9.33. The van der Waals surface area contributed by atoms with E-state index in [2.05, 4.69) is 51.0 Å². The molecule has 1 heterocycles. The Morgan fingerprint density at radius 3 is 2.72 bits per heavy atom.